The van der Waals surface area contributed by atoms with E-state index in [0.717, 1.165) is 28.1 Å². The molecular formula is C38H30ClIN6O4. The maximum Gasteiger partial charge on any atom is 0.255 e. The van der Waals surface area contributed by atoms with E-state index in [9.17, 15) is 9.90 Å². The minimum atomic E-state index is -1.29. The smallest absolute Gasteiger partial charge is 0.255 e. The molecule has 1 amide bonds. The van der Waals surface area contributed by atoms with Crippen molar-refractivity contribution in [2.24, 2.45) is 0 Å². The lowest BCUT2D eigenvalue weighted by Crippen LogP contribution is -2.60. The molecule has 3 N–H and O–H groups in total. The first kappa shape index (κ1) is 32.0. The number of para-hydroxylation sites is 2. The summed E-state index contributed by atoms with van der Waals surface area (Å²) in [5.74, 6) is 0.356. The van der Waals surface area contributed by atoms with E-state index in [1.165, 1.54) is 0 Å². The molecular weight excluding hydrogens is 767 g/mol. The quantitative estimate of drug-likeness (QED) is 0.151. The van der Waals surface area contributed by atoms with Gasteiger partial charge in [-0.15, -0.1) is 0 Å². The fourth-order valence-corrected chi connectivity index (χ4v) is 7.71. The predicted octanol–water partition coefficient (Wildman–Crippen LogP) is 7.33. The normalized spacial score (nSPS) is 18.1. The van der Waals surface area contributed by atoms with Crippen LogP contribution < -0.4 is 20.1 Å². The third-order valence-corrected chi connectivity index (χ3v) is 10.1. The number of aryl methyl sites for hydroxylation is 1. The summed E-state index contributed by atoms with van der Waals surface area (Å²) in [6.07, 6.45) is 1.96. The summed E-state index contributed by atoms with van der Waals surface area (Å²) in [5, 5.41) is 28.2. The molecule has 4 heterocycles. The number of fused-ring (bicyclic) bond motifs is 1. The van der Waals surface area contributed by atoms with Crippen molar-refractivity contribution in [3.05, 3.63) is 146 Å². The molecule has 0 bridgehead atoms. The molecule has 250 valence electrons. The Kier molecular flexibility index (Phi) is 7.83. The molecule has 2 aromatic heterocycles. The summed E-state index contributed by atoms with van der Waals surface area (Å²) >= 11 is 8.48. The van der Waals surface area contributed by atoms with Gasteiger partial charge in [0, 0.05) is 27.9 Å². The van der Waals surface area contributed by atoms with Crippen LogP contribution in [0.3, 0.4) is 0 Å². The Bertz CT molecular complexity index is 2320. The summed E-state index contributed by atoms with van der Waals surface area (Å²) in [4.78, 5) is 14.6. The van der Waals surface area contributed by atoms with Gasteiger partial charge < -0.3 is 25.2 Å². The molecule has 4 aromatic carbocycles. The van der Waals surface area contributed by atoms with Crippen LogP contribution in [0.25, 0.3) is 22.6 Å². The minimum Gasteiger partial charge on any atom is -0.506 e. The zero-order chi connectivity index (χ0) is 34.7. The van der Waals surface area contributed by atoms with Crippen LogP contribution in [-0.4, -0.2) is 37.7 Å². The molecule has 10 nitrogen and oxygen atoms in total. The first-order valence-corrected chi connectivity index (χ1v) is 17.3. The van der Waals surface area contributed by atoms with Gasteiger partial charge in [-0.1, -0.05) is 48.0 Å². The van der Waals surface area contributed by atoms with Gasteiger partial charge in [-0.05, 0) is 97.1 Å². The van der Waals surface area contributed by atoms with Gasteiger partial charge in [-0.2, -0.15) is 10.2 Å². The van der Waals surface area contributed by atoms with Crippen molar-refractivity contribution in [1.29, 1.82) is 0 Å². The van der Waals surface area contributed by atoms with E-state index in [1.54, 1.807) is 30.8 Å². The van der Waals surface area contributed by atoms with Crippen LogP contribution in [0.2, 0.25) is 5.02 Å². The second-order valence-corrected chi connectivity index (χ2v) is 13.9. The molecule has 0 aliphatic carbocycles. The Labute approximate surface area is 306 Å². The minimum absolute atomic E-state index is 0.00139. The monoisotopic (exact) mass is 796 g/mol. The van der Waals surface area contributed by atoms with Crippen LogP contribution in [0.15, 0.2) is 115 Å². The Morgan fingerprint density at radius 3 is 2.32 bits per heavy atom. The van der Waals surface area contributed by atoms with Crippen LogP contribution in [-0.2, 0) is 10.5 Å². The number of carbonyl (C=O) groups is 1. The van der Waals surface area contributed by atoms with E-state index in [1.807, 2.05) is 125 Å². The lowest BCUT2D eigenvalue weighted by molar-refractivity contribution is -0.121. The number of nitrogens with one attached hydrogen (secondary N) is 2. The number of aromatic nitrogens is 4. The Morgan fingerprint density at radius 1 is 0.960 bits per heavy atom. The number of rotatable bonds is 6. The van der Waals surface area contributed by atoms with Gasteiger partial charge in [0.2, 0.25) is 11.8 Å². The molecule has 2 unspecified atom stereocenters. The number of methoxy groups -OCH3 is 1. The van der Waals surface area contributed by atoms with Gasteiger partial charge in [0.05, 0.1) is 50.5 Å². The third-order valence-electron chi connectivity index (χ3n) is 9.06. The highest BCUT2D eigenvalue weighted by molar-refractivity contribution is 14.1. The van der Waals surface area contributed by atoms with Gasteiger partial charge >= 0.3 is 0 Å². The van der Waals surface area contributed by atoms with Crippen LogP contribution in [0, 0.1) is 10.5 Å². The van der Waals surface area contributed by atoms with Gasteiger partial charge in [0.25, 0.3) is 5.91 Å². The van der Waals surface area contributed by atoms with Crippen molar-refractivity contribution in [2.75, 3.05) is 7.11 Å². The van der Waals surface area contributed by atoms with E-state index in [-0.39, 0.29) is 17.5 Å². The number of amides is 1. The molecule has 0 radical (unpaired) electrons. The largest absolute Gasteiger partial charge is 0.506 e. The SMILES string of the molecule is COc1ccc(-c2nn(-c3ccccc3)cc2C2C3=C(NC(C)(c4cc(Cl)cc(I)c4O)NC3=O)Oc3c2c(C)nn3-c2ccccc2)cc1. The molecule has 2 aliphatic heterocycles. The number of carbonyl (C=O) groups excluding carboxylic acids is 1. The van der Waals surface area contributed by atoms with E-state index in [4.69, 9.17) is 31.3 Å². The molecule has 12 heteroatoms. The second-order valence-electron chi connectivity index (χ2n) is 12.3. The van der Waals surface area contributed by atoms with Crippen molar-refractivity contribution in [2.45, 2.75) is 25.4 Å². The zero-order valence-electron chi connectivity index (χ0n) is 27.1. The summed E-state index contributed by atoms with van der Waals surface area (Å²) in [7, 11) is 1.63. The first-order chi connectivity index (χ1) is 24.1. The maximum absolute atomic E-state index is 14.6. The van der Waals surface area contributed by atoms with Crippen LogP contribution in [0.1, 0.15) is 35.2 Å². The Balaban J connectivity index is 1.38. The molecule has 0 saturated heterocycles. The van der Waals surface area contributed by atoms with E-state index < -0.39 is 11.6 Å². The summed E-state index contributed by atoms with van der Waals surface area (Å²) in [6, 6.07) is 30.5. The van der Waals surface area contributed by atoms with Gasteiger partial charge in [0.15, 0.2) is 0 Å². The van der Waals surface area contributed by atoms with Crippen molar-refractivity contribution in [3.63, 3.8) is 0 Å². The van der Waals surface area contributed by atoms with Gasteiger partial charge in [0.1, 0.15) is 17.2 Å². The molecule has 0 fully saturated rings. The fourth-order valence-electron chi connectivity index (χ4n) is 6.68. The average molecular weight is 797 g/mol. The molecule has 2 atom stereocenters. The zero-order valence-corrected chi connectivity index (χ0v) is 30.0. The lowest BCUT2D eigenvalue weighted by atomic mass is 9.81. The van der Waals surface area contributed by atoms with E-state index >= 15 is 0 Å². The standard InChI is InChI=1S/C38H30ClIN6O4/c1-21-30-31(27-20-45(24-10-6-4-7-11-24)44-33(27)22-14-16-26(49-3)17-15-22)32-35(48)41-38(2,28-18-23(39)19-29(40)34(28)47)42-36(32)50-37(30)46(43-21)25-12-8-5-9-13-25/h4-20,31,42,47H,1-3H3,(H,41,48). The predicted molar refractivity (Wildman–Crippen MR) is 198 cm³/mol. The molecule has 8 rings (SSSR count). The maximum atomic E-state index is 14.6. The van der Waals surface area contributed by atoms with Crippen molar-refractivity contribution in [3.8, 4) is 40.0 Å². The van der Waals surface area contributed by atoms with Crippen LogP contribution >= 0.6 is 34.2 Å². The molecule has 2 aliphatic rings. The number of phenolic OH excluding ortho intramolecular Hbond substituents is 1. The summed E-state index contributed by atoms with van der Waals surface area (Å²) in [6.45, 7) is 3.68. The Hall–Kier alpha value is -5.27. The van der Waals surface area contributed by atoms with Crippen molar-refractivity contribution in [1.82, 2.24) is 30.2 Å². The lowest BCUT2D eigenvalue weighted by Gasteiger charge is -2.42. The first-order valence-electron chi connectivity index (χ1n) is 15.8. The molecule has 6 aromatic rings. The Morgan fingerprint density at radius 2 is 1.64 bits per heavy atom. The number of benzene rings is 4. The average Bonchev–Trinajstić information content (AvgIpc) is 3.71. The van der Waals surface area contributed by atoms with Crippen molar-refractivity contribution < 1.29 is 19.4 Å². The van der Waals surface area contributed by atoms with E-state index in [0.29, 0.717) is 42.7 Å². The fraction of sp³-hybridized carbons (Fsp3) is 0.132. The van der Waals surface area contributed by atoms with Crippen molar-refractivity contribution >= 4 is 40.1 Å². The topological polar surface area (TPSA) is 115 Å². The highest BCUT2D eigenvalue weighted by Gasteiger charge is 2.48. The molecule has 50 heavy (non-hydrogen) atoms. The second kappa shape index (κ2) is 12.3. The third kappa shape index (κ3) is 5.28. The van der Waals surface area contributed by atoms with Gasteiger partial charge in [-0.3, -0.25) is 4.79 Å². The summed E-state index contributed by atoms with van der Waals surface area (Å²) < 4.78 is 16.3. The number of hydrogen-bond donors (Lipinski definition) is 3. The van der Waals surface area contributed by atoms with Gasteiger partial charge in [-0.25, -0.2) is 9.36 Å². The molecule has 0 saturated carbocycles. The number of ether oxygens (including phenoxy) is 2. The number of hydrogen-bond acceptors (Lipinski definition) is 7. The van der Waals surface area contributed by atoms with Crippen LogP contribution in [0.5, 0.6) is 17.4 Å². The summed E-state index contributed by atoms with van der Waals surface area (Å²) in [5.41, 5.74) is 4.82. The number of phenols is 1. The number of aromatic hydroxyl groups is 1. The van der Waals surface area contributed by atoms with Crippen LogP contribution in [0.4, 0.5) is 0 Å². The highest BCUT2D eigenvalue weighted by Crippen LogP contribution is 2.50. The highest BCUT2D eigenvalue weighted by atomic mass is 127. The number of halogens is 2. The molecule has 0 spiro atoms. The number of nitrogens with zero attached hydrogens (tertiary/aromatic N) is 4. The van der Waals surface area contributed by atoms with E-state index in [2.05, 4.69) is 10.6 Å².